The zero-order valence-corrected chi connectivity index (χ0v) is 17.1. The van der Waals surface area contributed by atoms with E-state index in [1.165, 1.54) is 37.1 Å². The number of aryl methyl sites for hydroxylation is 2. The second-order valence-electron chi connectivity index (χ2n) is 7.25. The van der Waals surface area contributed by atoms with E-state index in [9.17, 15) is 0 Å². The van der Waals surface area contributed by atoms with Crippen molar-refractivity contribution in [2.45, 2.75) is 44.9 Å². The molecule has 3 N–H and O–H groups in total. The molecule has 0 aromatic carbocycles. The number of hydrogen-bond acceptors (Lipinski definition) is 1. The molecular weight excluding hydrogens is 370 g/mol. The van der Waals surface area contributed by atoms with Crippen LogP contribution in [0.3, 0.4) is 0 Å². The zero-order valence-electron chi connectivity index (χ0n) is 16.4. The summed E-state index contributed by atoms with van der Waals surface area (Å²) in [5, 5.41) is 0. The van der Waals surface area contributed by atoms with Crippen molar-refractivity contribution in [3.05, 3.63) is 76.7 Å². The Hall–Kier alpha value is -2.46. The molecule has 0 radical (unpaired) electrons. The molecule has 0 saturated heterocycles. The highest BCUT2D eigenvalue weighted by atomic mass is 35.5. The monoisotopic (exact) mass is 397 g/mol. The summed E-state index contributed by atoms with van der Waals surface area (Å²) < 4.78 is 5.59. The summed E-state index contributed by atoms with van der Waals surface area (Å²) in [5.41, 5.74) is 6.81. The van der Waals surface area contributed by atoms with Gasteiger partial charge in [-0.25, -0.2) is 4.99 Å². The van der Waals surface area contributed by atoms with Crippen molar-refractivity contribution in [1.29, 1.82) is 0 Å². The van der Waals surface area contributed by atoms with Gasteiger partial charge in [-0.2, -0.15) is 0 Å². The van der Waals surface area contributed by atoms with Crippen molar-refractivity contribution < 1.29 is 22.1 Å². The molecule has 2 aliphatic heterocycles. The van der Waals surface area contributed by atoms with E-state index >= 15 is 0 Å². The van der Waals surface area contributed by atoms with E-state index in [2.05, 4.69) is 63.5 Å². The molecule has 0 spiro atoms. The minimum atomic E-state index is 0. The first-order valence-electron chi connectivity index (χ1n) is 9.95. The van der Waals surface area contributed by atoms with Crippen molar-refractivity contribution in [3.63, 3.8) is 0 Å². The molecule has 4 heterocycles. The summed E-state index contributed by atoms with van der Waals surface area (Å²) >= 11 is 0. The van der Waals surface area contributed by atoms with Gasteiger partial charge in [0.1, 0.15) is 5.69 Å². The van der Waals surface area contributed by atoms with E-state index < -0.39 is 0 Å². The van der Waals surface area contributed by atoms with Crippen LogP contribution in [-0.4, -0.2) is 22.8 Å². The van der Waals surface area contributed by atoms with Gasteiger partial charge in [0.2, 0.25) is 11.4 Å². The van der Waals surface area contributed by atoms with Crippen molar-refractivity contribution in [2.75, 3.05) is 7.11 Å². The molecule has 0 fully saturated rings. The summed E-state index contributed by atoms with van der Waals surface area (Å²) in [7, 11) is 1.72. The van der Waals surface area contributed by atoms with Gasteiger partial charge in [-0.15, -0.1) is 0 Å². The Kier molecular flexibility index (Phi) is 6.99. The third-order valence-corrected chi connectivity index (χ3v) is 5.19. The highest BCUT2D eigenvalue weighted by Gasteiger charge is 2.25. The number of allylic oxidation sites excluding steroid dienone is 3. The third-order valence-electron chi connectivity index (χ3n) is 5.19. The van der Waals surface area contributed by atoms with Crippen LogP contribution in [0.2, 0.25) is 0 Å². The lowest BCUT2D eigenvalue weighted by Gasteiger charge is -1.98. The number of fused-ring (bicyclic) bond motifs is 6. The Morgan fingerprint density at radius 1 is 0.857 bits per heavy atom. The average Bonchev–Trinajstić information content (AvgIpc) is 3.39. The first kappa shape index (κ1) is 20.3. The number of nitrogens with one attached hydrogen (secondary N) is 3. The van der Waals surface area contributed by atoms with Crippen molar-refractivity contribution >= 4 is 11.8 Å². The lowest BCUT2D eigenvalue weighted by Crippen LogP contribution is -3.00. The number of aromatic nitrogens is 2. The van der Waals surface area contributed by atoms with Gasteiger partial charge >= 0.3 is 0 Å². The van der Waals surface area contributed by atoms with Gasteiger partial charge in [0.25, 0.3) is 0 Å². The first-order valence-corrected chi connectivity index (χ1v) is 9.95. The van der Waals surface area contributed by atoms with Gasteiger partial charge in [0, 0.05) is 23.2 Å². The zero-order chi connectivity index (χ0) is 18.5. The van der Waals surface area contributed by atoms with Crippen LogP contribution in [0.5, 0.6) is 0 Å². The number of hydrogen-bond donors (Lipinski definition) is 3. The Balaban J connectivity index is 0.00000225. The summed E-state index contributed by atoms with van der Waals surface area (Å²) in [4.78, 5) is 10.6. The van der Waals surface area contributed by atoms with E-state index in [0.717, 1.165) is 47.8 Å². The summed E-state index contributed by atoms with van der Waals surface area (Å²) in [6.07, 6.45) is 17.0. The van der Waals surface area contributed by atoms with E-state index in [4.69, 9.17) is 4.74 Å². The van der Waals surface area contributed by atoms with Gasteiger partial charge < -0.3 is 27.1 Å². The largest absolute Gasteiger partial charge is 1.00 e. The van der Waals surface area contributed by atoms with Crippen molar-refractivity contribution in [3.8, 4) is 0 Å². The van der Waals surface area contributed by atoms with Crippen molar-refractivity contribution in [1.82, 2.24) is 9.97 Å². The summed E-state index contributed by atoms with van der Waals surface area (Å²) in [6, 6.07) is 8.66. The first-order chi connectivity index (χ1) is 13.3. The number of aromatic amines is 2. The van der Waals surface area contributed by atoms with Crippen LogP contribution in [0.25, 0.3) is 6.08 Å². The summed E-state index contributed by atoms with van der Waals surface area (Å²) in [6.45, 7) is 0. The normalized spacial score (nSPS) is 20.4. The van der Waals surface area contributed by atoms with Gasteiger partial charge in [0.15, 0.2) is 5.76 Å². The topological polar surface area (TPSA) is 54.8 Å². The van der Waals surface area contributed by atoms with Crippen molar-refractivity contribution in [2.24, 2.45) is 0 Å². The second kappa shape index (κ2) is 9.65. The fraction of sp³-hybridized carbons (Fsp3) is 0.348. The van der Waals surface area contributed by atoms with Crippen LogP contribution >= 0.6 is 0 Å². The maximum Gasteiger partial charge on any atom is 0.248 e. The molecule has 4 nitrogen and oxygen atoms in total. The predicted octanol–water partition coefficient (Wildman–Crippen LogP) is 0.407. The maximum atomic E-state index is 5.59. The quantitative estimate of drug-likeness (QED) is 0.600. The predicted molar refractivity (Wildman–Crippen MR) is 109 cm³/mol. The molecule has 6 bridgehead atoms. The number of methoxy groups -OCH3 is 1. The molecule has 0 aliphatic carbocycles. The molecule has 5 heteroatoms. The van der Waals surface area contributed by atoms with E-state index in [0.29, 0.717) is 0 Å². The number of H-pyrrole nitrogens is 2. The molecule has 2 aromatic heterocycles. The van der Waals surface area contributed by atoms with Gasteiger partial charge in [-0.05, 0) is 69.2 Å². The number of rotatable bonds is 1. The molecule has 148 valence electrons. The molecule has 28 heavy (non-hydrogen) atoms. The van der Waals surface area contributed by atoms with Crippen LogP contribution in [-0.2, 0) is 17.6 Å². The molecule has 0 saturated carbocycles. The standard InChI is InChI=1S/C23H27N3O.ClH/c1-27-23-16-21-20-14-13-18(25-20)10-8-6-4-2-3-5-7-9-17-11-12-19(24-17)15-22(23)26-21;/h2,4,11-16,24-25H,3,5-10H2,1H3;1H/b4-2+,22-15-;. The SMILES string of the molecule is COC1=CC2=[NH+]/C1=C\c1ccc([nH]1)CCCC/C=C/CCCc1ccc2[nH]1.[Cl-]. The Morgan fingerprint density at radius 2 is 1.61 bits per heavy atom. The highest BCUT2D eigenvalue weighted by molar-refractivity contribution is 6.05. The van der Waals surface area contributed by atoms with Crippen LogP contribution in [0.1, 0.15) is 54.9 Å². The van der Waals surface area contributed by atoms with E-state index in [1.54, 1.807) is 7.11 Å². The minimum absolute atomic E-state index is 0. The molecule has 2 aromatic rings. The second-order valence-corrected chi connectivity index (χ2v) is 7.25. The molecule has 4 rings (SSSR count). The Labute approximate surface area is 172 Å². The Morgan fingerprint density at radius 3 is 2.46 bits per heavy atom. The van der Waals surface area contributed by atoms with Gasteiger partial charge in [-0.3, -0.25) is 0 Å². The van der Waals surface area contributed by atoms with E-state index in [-0.39, 0.29) is 12.4 Å². The minimum Gasteiger partial charge on any atom is -1.00 e. The molecule has 0 amide bonds. The maximum absolute atomic E-state index is 5.59. The van der Waals surface area contributed by atoms with Gasteiger partial charge in [-0.1, -0.05) is 12.2 Å². The fourth-order valence-corrected chi connectivity index (χ4v) is 3.68. The van der Waals surface area contributed by atoms with Gasteiger partial charge in [0.05, 0.1) is 13.2 Å². The Bertz CT molecular complexity index is 914. The number of ether oxygens (including phenoxy) is 1. The van der Waals surface area contributed by atoms with E-state index in [1.807, 2.05) is 0 Å². The van der Waals surface area contributed by atoms with Crippen LogP contribution in [0.15, 0.2) is 53.9 Å². The average molecular weight is 398 g/mol. The lowest BCUT2D eigenvalue weighted by molar-refractivity contribution is -0.388. The third kappa shape index (κ3) is 4.87. The summed E-state index contributed by atoms with van der Waals surface area (Å²) in [5.74, 6) is 0.858. The van der Waals surface area contributed by atoms with Crippen LogP contribution in [0.4, 0.5) is 0 Å². The molecular formula is C23H28ClN3O. The number of halogens is 1. The molecule has 0 atom stereocenters. The lowest BCUT2D eigenvalue weighted by atomic mass is 10.1. The highest BCUT2D eigenvalue weighted by Crippen LogP contribution is 2.16. The molecule has 0 unspecified atom stereocenters. The van der Waals surface area contributed by atoms with Crippen LogP contribution < -0.4 is 17.4 Å². The van der Waals surface area contributed by atoms with Crippen LogP contribution in [0, 0.1) is 0 Å². The fourth-order valence-electron chi connectivity index (χ4n) is 3.68. The molecule has 2 aliphatic rings. The smallest absolute Gasteiger partial charge is 0.248 e.